The van der Waals surface area contributed by atoms with Crippen LogP contribution in [-0.4, -0.2) is 47.0 Å². The molecule has 0 aromatic carbocycles. The zero-order valence-electron chi connectivity index (χ0n) is 33.2. The second-order valence-electron chi connectivity index (χ2n) is 18.5. The lowest BCUT2D eigenvalue weighted by Crippen LogP contribution is -2.50. The van der Waals surface area contributed by atoms with Crippen molar-refractivity contribution >= 4 is 27.5 Å². The molecule has 4 N–H and O–H groups in total. The van der Waals surface area contributed by atoms with E-state index in [4.69, 9.17) is 11.5 Å². The molecule has 0 aromatic rings. The summed E-state index contributed by atoms with van der Waals surface area (Å²) in [6, 6.07) is 0.450. The molecule has 3 unspecified atom stereocenters. The van der Waals surface area contributed by atoms with Gasteiger partial charge in [-0.3, -0.25) is 4.79 Å². The fraction of sp³-hybridized carbons (Fsp3) is 0.930. The van der Waals surface area contributed by atoms with E-state index in [1.165, 1.54) is 96.3 Å². The predicted octanol–water partition coefficient (Wildman–Crippen LogP) is 11.4. The minimum atomic E-state index is 0.140. The summed E-state index contributed by atoms with van der Waals surface area (Å²) >= 11 is 0. The third-order valence-electron chi connectivity index (χ3n) is 14.2. The summed E-state index contributed by atoms with van der Waals surface area (Å²) in [4.78, 5) is 15.4. The second kappa shape index (κ2) is 19.8. The Kier molecular flexibility index (Phi) is 16.8. The predicted molar refractivity (Wildman–Crippen MR) is 218 cm³/mol. The molecule has 0 aromatic heterocycles. The molecule has 0 aliphatic heterocycles. The molecule has 284 valence electrons. The van der Waals surface area contributed by atoms with Crippen LogP contribution in [0.15, 0.2) is 11.6 Å². The molecule has 4 aliphatic rings. The number of hydrogen-bond acceptors (Lipinski definition) is 5. The van der Waals surface area contributed by atoms with E-state index in [2.05, 4.69) is 70.2 Å². The number of unbranched alkanes of at least 4 members (excludes halogenated alkanes) is 4. The summed E-state index contributed by atoms with van der Waals surface area (Å²) in [5.41, 5.74) is 14.8. The fourth-order valence-corrected chi connectivity index (χ4v) is 13.8. The highest BCUT2D eigenvalue weighted by atomic mass is 33.1. The molecule has 4 rings (SSSR count). The molecule has 0 bridgehead atoms. The zero-order valence-corrected chi connectivity index (χ0v) is 34.8. The lowest BCUT2D eigenvalue weighted by molar-refractivity contribution is -0.130. The first-order valence-electron chi connectivity index (χ1n) is 21.1. The van der Waals surface area contributed by atoms with Gasteiger partial charge in [0.15, 0.2) is 0 Å². The van der Waals surface area contributed by atoms with Crippen molar-refractivity contribution in [1.29, 1.82) is 0 Å². The summed E-state index contributed by atoms with van der Waals surface area (Å²) in [5, 5.41) is 0.698. The Labute approximate surface area is 312 Å². The number of carbonyl (C=O) groups excluding carboxylic acids is 1. The Hall–Kier alpha value is -0.170. The van der Waals surface area contributed by atoms with Gasteiger partial charge < -0.3 is 16.4 Å². The van der Waals surface area contributed by atoms with Crippen molar-refractivity contribution in [1.82, 2.24) is 4.90 Å². The number of carbonyl (C=O) groups is 1. The molecule has 6 heteroatoms. The molecular weight excluding hydrogens is 639 g/mol. The SMILES string of the molecule is CC(C)CCCC(C)[C@H]1CC[C@H]2[C@@H]3CC=C4C[C@@H](SSCCC(=O)N(CCCCCCCC(C)N)CCC(C)N)CC[C@]4(C)[C@H]3CC[C@]12C. The van der Waals surface area contributed by atoms with Gasteiger partial charge in [-0.2, -0.15) is 0 Å². The Morgan fingerprint density at radius 3 is 2.31 bits per heavy atom. The molecule has 1 amide bonds. The van der Waals surface area contributed by atoms with Gasteiger partial charge in [-0.1, -0.05) is 113 Å². The number of amides is 1. The topological polar surface area (TPSA) is 72.3 Å². The van der Waals surface area contributed by atoms with Crippen LogP contribution in [0.3, 0.4) is 0 Å². The van der Waals surface area contributed by atoms with E-state index < -0.39 is 0 Å². The van der Waals surface area contributed by atoms with Crippen molar-refractivity contribution < 1.29 is 4.79 Å². The third-order valence-corrected chi connectivity index (χ3v) is 17.1. The van der Waals surface area contributed by atoms with Crippen LogP contribution in [0.1, 0.15) is 170 Å². The van der Waals surface area contributed by atoms with Crippen molar-refractivity contribution in [3.63, 3.8) is 0 Å². The van der Waals surface area contributed by atoms with Crippen LogP contribution in [0.25, 0.3) is 0 Å². The van der Waals surface area contributed by atoms with Crippen LogP contribution in [-0.2, 0) is 4.79 Å². The molecule has 0 saturated heterocycles. The molecule has 4 aliphatic carbocycles. The van der Waals surface area contributed by atoms with Gasteiger partial charge in [-0.05, 0) is 131 Å². The molecule has 49 heavy (non-hydrogen) atoms. The highest BCUT2D eigenvalue weighted by Gasteiger charge is 2.59. The van der Waals surface area contributed by atoms with E-state index in [1.807, 2.05) is 10.8 Å². The van der Waals surface area contributed by atoms with Gasteiger partial charge in [0.05, 0.1) is 0 Å². The van der Waals surface area contributed by atoms with Crippen LogP contribution in [0.4, 0.5) is 0 Å². The largest absolute Gasteiger partial charge is 0.343 e. The minimum Gasteiger partial charge on any atom is -0.343 e. The van der Waals surface area contributed by atoms with E-state index in [-0.39, 0.29) is 6.04 Å². The summed E-state index contributed by atoms with van der Waals surface area (Å²) in [6.45, 7) is 18.6. The van der Waals surface area contributed by atoms with Gasteiger partial charge in [-0.15, -0.1) is 0 Å². The summed E-state index contributed by atoms with van der Waals surface area (Å²) < 4.78 is 0. The molecule has 0 heterocycles. The summed E-state index contributed by atoms with van der Waals surface area (Å²) in [7, 11) is 4.05. The first kappa shape index (κ1) is 41.6. The van der Waals surface area contributed by atoms with Gasteiger partial charge in [0, 0.05) is 42.6 Å². The molecule has 10 atom stereocenters. The van der Waals surface area contributed by atoms with Crippen LogP contribution in [0.5, 0.6) is 0 Å². The Balaban J connectivity index is 1.21. The molecule has 4 nitrogen and oxygen atoms in total. The van der Waals surface area contributed by atoms with Crippen molar-refractivity contribution in [2.45, 2.75) is 188 Å². The van der Waals surface area contributed by atoms with E-state index in [9.17, 15) is 4.79 Å². The molecule has 3 fully saturated rings. The molecule has 0 spiro atoms. The smallest absolute Gasteiger partial charge is 0.223 e. The quantitative estimate of drug-likeness (QED) is 0.0702. The monoisotopic (exact) mass is 718 g/mol. The Morgan fingerprint density at radius 1 is 0.837 bits per heavy atom. The maximum Gasteiger partial charge on any atom is 0.223 e. The van der Waals surface area contributed by atoms with E-state index in [0.717, 1.165) is 73.6 Å². The first-order valence-corrected chi connectivity index (χ1v) is 23.5. The number of nitrogens with two attached hydrogens (primary N) is 2. The van der Waals surface area contributed by atoms with Crippen molar-refractivity contribution in [2.24, 2.45) is 57.8 Å². The number of rotatable bonds is 21. The standard InChI is InChI=1S/C43H79N3OS2/c1-31(2)14-13-15-32(3)38-19-20-39-37-18-17-35-30-36(21-25-42(35,6)40(37)22-26-43(38,39)7)49-48-29-24-41(47)46(28-23-34(5)45)27-12-10-8-9-11-16-33(4)44/h17,31-34,36-40H,8-16,18-30,44-45H2,1-7H3/t32?,33?,34?,36-,37-,38+,39-,40-,42-,43+/m0/s1. The number of allylic oxidation sites excluding steroid dienone is 2. The molecule has 0 radical (unpaired) electrons. The van der Waals surface area contributed by atoms with E-state index in [1.54, 1.807) is 5.57 Å². The fourth-order valence-electron chi connectivity index (χ4n) is 11.2. The lowest BCUT2D eigenvalue weighted by atomic mass is 9.47. The number of fused-ring (bicyclic) bond motifs is 5. The summed E-state index contributed by atoms with van der Waals surface area (Å²) in [5.74, 6) is 6.67. The molecule has 3 saturated carbocycles. The van der Waals surface area contributed by atoms with Crippen LogP contribution >= 0.6 is 21.6 Å². The average Bonchev–Trinajstić information content (AvgIpc) is 3.40. The van der Waals surface area contributed by atoms with Crippen molar-refractivity contribution in [3.8, 4) is 0 Å². The van der Waals surface area contributed by atoms with E-state index >= 15 is 0 Å². The molecular formula is C43H79N3OS2. The van der Waals surface area contributed by atoms with Gasteiger partial charge in [0.1, 0.15) is 0 Å². The zero-order chi connectivity index (χ0) is 35.6. The van der Waals surface area contributed by atoms with Gasteiger partial charge >= 0.3 is 0 Å². The van der Waals surface area contributed by atoms with Gasteiger partial charge in [0.2, 0.25) is 5.91 Å². The third kappa shape index (κ3) is 11.4. The normalized spacial score (nSPS) is 32.9. The van der Waals surface area contributed by atoms with Crippen molar-refractivity contribution in [3.05, 3.63) is 11.6 Å². The number of nitrogens with zero attached hydrogens (tertiary/aromatic N) is 1. The van der Waals surface area contributed by atoms with E-state index in [0.29, 0.717) is 34.4 Å². The van der Waals surface area contributed by atoms with Crippen LogP contribution < -0.4 is 11.5 Å². The average molecular weight is 718 g/mol. The Bertz CT molecular complexity index is 1030. The van der Waals surface area contributed by atoms with Crippen LogP contribution in [0.2, 0.25) is 0 Å². The Morgan fingerprint density at radius 2 is 1.57 bits per heavy atom. The maximum atomic E-state index is 13.3. The number of hydrogen-bond donors (Lipinski definition) is 2. The van der Waals surface area contributed by atoms with Gasteiger partial charge in [-0.25, -0.2) is 0 Å². The second-order valence-corrected chi connectivity index (χ2v) is 21.3. The minimum absolute atomic E-state index is 0.140. The van der Waals surface area contributed by atoms with Gasteiger partial charge in [0.25, 0.3) is 0 Å². The lowest BCUT2D eigenvalue weighted by Gasteiger charge is -2.58. The first-order chi connectivity index (χ1) is 23.3. The highest BCUT2D eigenvalue weighted by Crippen LogP contribution is 2.67. The highest BCUT2D eigenvalue weighted by molar-refractivity contribution is 8.76. The van der Waals surface area contributed by atoms with Crippen LogP contribution in [0, 0.1) is 46.3 Å². The van der Waals surface area contributed by atoms with Crippen molar-refractivity contribution in [2.75, 3.05) is 18.8 Å². The summed E-state index contributed by atoms with van der Waals surface area (Å²) in [6.07, 6.45) is 26.9. The maximum absolute atomic E-state index is 13.3.